The monoisotopic (exact) mass is 153 g/mol. The van der Waals surface area contributed by atoms with Gasteiger partial charge in [-0.3, -0.25) is 0 Å². The molecule has 1 rings (SSSR count). The van der Waals surface area contributed by atoms with E-state index in [0.717, 1.165) is 16.1 Å². The molecule has 0 bridgehead atoms. The molecule has 0 atom stereocenters. The van der Waals surface area contributed by atoms with E-state index in [1.54, 1.807) is 0 Å². The zero-order valence-corrected chi connectivity index (χ0v) is 7.00. The lowest BCUT2D eigenvalue weighted by molar-refractivity contribution is 1.36. The van der Waals surface area contributed by atoms with Crippen LogP contribution in [0.5, 0.6) is 0 Å². The Hall–Kier alpha value is -0.490. The van der Waals surface area contributed by atoms with Gasteiger partial charge in [0.2, 0.25) is 0 Å². The Morgan fingerprint density at radius 1 is 1.30 bits per heavy atom. The lowest BCUT2D eigenvalue weighted by Gasteiger charge is -2.02. The molecule has 1 heteroatoms. The first-order valence-electron chi connectivity index (χ1n) is 3.20. The van der Waals surface area contributed by atoms with E-state index in [0.29, 0.717) is 0 Å². The van der Waals surface area contributed by atoms with Crippen LogP contribution in [0.3, 0.4) is 0 Å². The molecule has 1 radical (unpaired) electrons. The Kier molecular flexibility index (Phi) is 2.00. The predicted molar refractivity (Wildman–Crippen MR) is 45.4 cm³/mol. The predicted octanol–water partition coefficient (Wildman–Crippen LogP) is 3.14. The Balaban J connectivity index is 3.31. The normalized spacial score (nSPS) is 10.0. The molecule has 0 fully saturated rings. The molecule has 0 aromatic heterocycles. The van der Waals surface area contributed by atoms with Gasteiger partial charge in [-0.25, -0.2) is 0 Å². The summed E-state index contributed by atoms with van der Waals surface area (Å²) in [5.41, 5.74) is 3.23. The van der Waals surface area contributed by atoms with Crippen molar-refractivity contribution in [2.45, 2.75) is 13.8 Å². The SMILES string of the molecule is [CH2]c1cc(C)cc(C)c1Cl. The van der Waals surface area contributed by atoms with Gasteiger partial charge >= 0.3 is 0 Å². The third kappa shape index (κ3) is 1.32. The molecule has 0 saturated carbocycles. The van der Waals surface area contributed by atoms with E-state index in [1.807, 2.05) is 19.9 Å². The van der Waals surface area contributed by atoms with E-state index in [2.05, 4.69) is 13.0 Å². The van der Waals surface area contributed by atoms with Crippen LogP contribution in [0.15, 0.2) is 12.1 Å². The molecule has 0 aliphatic rings. The number of halogens is 1. The summed E-state index contributed by atoms with van der Waals surface area (Å²) in [6.45, 7) is 7.84. The van der Waals surface area contributed by atoms with Crippen molar-refractivity contribution in [3.8, 4) is 0 Å². The molecule has 0 aliphatic carbocycles. The number of rotatable bonds is 0. The second-order valence-corrected chi connectivity index (χ2v) is 2.93. The number of hydrogen-bond acceptors (Lipinski definition) is 0. The van der Waals surface area contributed by atoms with Crippen molar-refractivity contribution in [3.05, 3.63) is 40.8 Å². The van der Waals surface area contributed by atoms with Gasteiger partial charge in [0, 0.05) is 5.02 Å². The van der Waals surface area contributed by atoms with Gasteiger partial charge in [0.25, 0.3) is 0 Å². The van der Waals surface area contributed by atoms with Crippen LogP contribution in [-0.2, 0) is 0 Å². The van der Waals surface area contributed by atoms with Crippen LogP contribution in [0.25, 0.3) is 0 Å². The molecule has 0 heterocycles. The highest BCUT2D eigenvalue weighted by Gasteiger charge is 1.98. The number of benzene rings is 1. The van der Waals surface area contributed by atoms with Gasteiger partial charge < -0.3 is 0 Å². The average molecular weight is 154 g/mol. The lowest BCUT2D eigenvalue weighted by Crippen LogP contribution is -1.82. The van der Waals surface area contributed by atoms with Gasteiger partial charge in [-0.2, -0.15) is 0 Å². The van der Waals surface area contributed by atoms with E-state index in [9.17, 15) is 0 Å². The van der Waals surface area contributed by atoms with Crippen LogP contribution in [0, 0.1) is 20.8 Å². The molecular formula is C9H10Cl. The minimum absolute atomic E-state index is 0.783. The quantitative estimate of drug-likeness (QED) is 0.537. The maximum absolute atomic E-state index is 5.89. The Morgan fingerprint density at radius 3 is 2.40 bits per heavy atom. The zero-order chi connectivity index (χ0) is 7.72. The summed E-state index contributed by atoms with van der Waals surface area (Å²) in [7, 11) is 0. The fourth-order valence-corrected chi connectivity index (χ4v) is 1.15. The maximum Gasteiger partial charge on any atom is 0.0467 e. The average Bonchev–Trinajstić information content (AvgIpc) is 1.82. The lowest BCUT2D eigenvalue weighted by atomic mass is 10.1. The van der Waals surface area contributed by atoms with Crippen molar-refractivity contribution < 1.29 is 0 Å². The summed E-state index contributed by atoms with van der Waals surface area (Å²) in [6, 6.07) is 4.03. The summed E-state index contributed by atoms with van der Waals surface area (Å²) in [4.78, 5) is 0. The van der Waals surface area contributed by atoms with E-state index in [4.69, 9.17) is 11.6 Å². The van der Waals surface area contributed by atoms with E-state index in [1.165, 1.54) is 5.56 Å². The Labute approximate surface area is 66.8 Å². The molecule has 1 aromatic carbocycles. The van der Waals surface area contributed by atoms with Crippen molar-refractivity contribution in [3.63, 3.8) is 0 Å². The third-order valence-electron chi connectivity index (χ3n) is 1.47. The highest BCUT2D eigenvalue weighted by molar-refractivity contribution is 6.32. The second-order valence-electron chi connectivity index (χ2n) is 2.55. The van der Waals surface area contributed by atoms with Crippen LogP contribution in [0.1, 0.15) is 16.7 Å². The van der Waals surface area contributed by atoms with Crippen LogP contribution in [-0.4, -0.2) is 0 Å². The van der Waals surface area contributed by atoms with Gasteiger partial charge in [-0.05, 0) is 31.9 Å². The van der Waals surface area contributed by atoms with Crippen LogP contribution >= 0.6 is 11.6 Å². The van der Waals surface area contributed by atoms with E-state index in [-0.39, 0.29) is 0 Å². The van der Waals surface area contributed by atoms with Gasteiger partial charge in [0.15, 0.2) is 0 Å². The van der Waals surface area contributed by atoms with Gasteiger partial charge in [0.05, 0.1) is 0 Å². The molecule has 0 unspecified atom stereocenters. The standard InChI is InChI=1S/C9H10Cl/c1-6-4-7(2)9(10)8(3)5-6/h4-5H,2H2,1,3H3. The first-order valence-corrected chi connectivity index (χ1v) is 3.58. The Bertz CT molecular complexity index is 228. The summed E-state index contributed by atoms with van der Waals surface area (Å²) in [5.74, 6) is 0. The minimum Gasteiger partial charge on any atom is -0.0837 e. The molecule has 0 saturated heterocycles. The van der Waals surface area contributed by atoms with Crippen LogP contribution in [0.2, 0.25) is 5.02 Å². The van der Waals surface area contributed by atoms with E-state index >= 15 is 0 Å². The van der Waals surface area contributed by atoms with Gasteiger partial charge in [-0.1, -0.05) is 29.3 Å². The summed E-state index contributed by atoms with van der Waals surface area (Å²) < 4.78 is 0. The molecule has 0 spiro atoms. The zero-order valence-electron chi connectivity index (χ0n) is 6.24. The summed E-state index contributed by atoms with van der Waals surface area (Å²) in [6.07, 6.45) is 0. The third-order valence-corrected chi connectivity index (χ3v) is 2.02. The smallest absolute Gasteiger partial charge is 0.0467 e. The molecule has 0 N–H and O–H groups in total. The highest BCUT2D eigenvalue weighted by Crippen LogP contribution is 2.20. The molecule has 53 valence electrons. The highest BCUT2D eigenvalue weighted by atomic mass is 35.5. The van der Waals surface area contributed by atoms with Crippen LogP contribution in [0.4, 0.5) is 0 Å². The van der Waals surface area contributed by atoms with Crippen LogP contribution < -0.4 is 0 Å². The first-order chi connectivity index (χ1) is 4.61. The summed E-state index contributed by atoms with van der Waals surface area (Å²) >= 11 is 5.89. The number of hydrogen-bond donors (Lipinski definition) is 0. The fraction of sp³-hybridized carbons (Fsp3) is 0.222. The largest absolute Gasteiger partial charge is 0.0837 e. The van der Waals surface area contributed by atoms with Crippen molar-refractivity contribution in [1.29, 1.82) is 0 Å². The molecule has 0 nitrogen and oxygen atoms in total. The van der Waals surface area contributed by atoms with Crippen molar-refractivity contribution >= 4 is 11.6 Å². The van der Waals surface area contributed by atoms with E-state index < -0.39 is 0 Å². The minimum atomic E-state index is 0.783. The Morgan fingerprint density at radius 2 is 1.90 bits per heavy atom. The number of aryl methyl sites for hydroxylation is 2. The van der Waals surface area contributed by atoms with Crippen molar-refractivity contribution in [2.75, 3.05) is 0 Å². The molecule has 1 aromatic rings. The van der Waals surface area contributed by atoms with Crippen molar-refractivity contribution in [1.82, 2.24) is 0 Å². The van der Waals surface area contributed by atoms with Crippen molar-refractivity contribution in [2.24, 2.45) is 0 Å². The fourth-order valence-electron chi connectivity index (χ4n) is 1.04. The molecular weight excluding hydrogens is 144 g/mol. The first kappa shape index (κ1) is 7.62. The maximum atomic E-state index is 5.89. The summed E-state index contributed by atoms with van der Waals surface area (Å²) in [5, 5.41) is 0.783. The topological polar surface area (TPSA) is 0 Å². The molecule has 10 heavy (non-hydrogen) atoms. The molecule has 0 aliphatic heterocycles. The second kappa shape index (κ2) is 2.63. The van der Waals surface area contributed by atoms with Gasteiger partial charge in [0.1, 0.15) is 0 Å². The molecule has 0 amide bonds. The van der Waals surface area contributed by atoms with Gasteiger partial charge in [-0.15, -0.1) is 0 Å².